The maximum atomic E-state index is 8.78. The Morgan fingerprint density at radius 2 is 2.00 bits per heavy atom. The molecule has 0 N–H and O–H groups in total. The van der Waals surface area contributed by atoms with E-state index in [1.165, 1.54) is 16.7 Å². The van der Waals surface area contributed by atoms with E-state index in [2.05, 4.69) is 44.2 Å². The van der Waals surface area contributed by atoms with E-state index < -0.39 is 0 Å². The molecule has 0 aliphatic heterocycles. The molecule has 1 atom stereocenters. The zero-order chi connectivity index (χ0) is 12.3. The van der Waals surface area contributed by atoms with Crippen molar-refractivity contribution in [2.75, 3.05) is 0 Å². The summed E-state index contributed by atoms with van der Waals surface area (Å²) in [5, 5.41) is 8.78. The number of benzene rings is 1. The van der Waals surface area contributed by atoms with Crippen molar-refractivity contribution in [3.05, 3.63) is 41.0 Å². The summed E-state index contributed by atoms with van der Waals surface area (Å²) in [6.07, 6.45) is 3.81. The Balaban J connectivity index is 2.46. The largest absolute Gasteiger partial charge is 0.198 e. The first-order valence-corrected chi connectivity index (χ1v) is 6.51. The quantitative estimate of drug-likeness (QED) is 0.731. The van der Waals surface area contributed by atoms with Crippen molar-refractivity contribution >= 4 is 5.57 Å². The van der Waals surface area contributed by atoms with Crippen LogP contribution in [0.4, 0.5) is 0 Å². The summed E-state index contributed by atoms with van der Waals surface area (Å²) in [5.41, 5.74) is 5.87. The normalized spacial score (nSPS) is 18.1. The number of nitriles is 1. The average molecular weight is 225 g/mol. The van der Waals surface area contributed by atoms with Gasteiger partial charge in [0.2, 0.25) is 0 Å². The molecule has 0 heterocycles. The van der Waals surface area contributed by atoms with Gasteiger partial charge in [-0.15, -0.1) is 0 Å². The van der Waals surface area contributed by atoms with Gasteiger partial charge in [0.05, 0.1) is 6.07 Å². The Kier molecular flexibility index (Phi) is 3.64. The van der Waals surface area contributed by atoms with E-state index in [9.17, 15) is 0 Å². The molecule has 17 heavy (non-hydrogen) atoms. The van der Waals surface area contributed by atoms with E-state index in [1.54, 1.807) is 5.57 Å². The lowest BCUT2D eigenvalue weighted by Crippen LogP contribution is -1.96. The van der Waals surface area contributed by atoms with E-state index >= 15 is 0 Å². The van der Waals surface area contributed by atoms with Gasteiger partial charge in [0.15, 0.2) is 0 Å². The van der Waals surface area contributed by atoms with E-state index in [-0.39, 0.29) is 0 Å². The second-order valence-corrected chi connectivity index (χ2v) is 4.56. The highest BCUT2D eigenvalue weighted by atomic mass is 14.3. The number of nitrogens with zero attached hydrogens (tertiary/aromatic N) is 1. The minimum Gasteiger partial charge on any atom is -0.198 e. The van der Waals surface area contributed by atoms with Crippen molar-refractivity contribution in [2.45, 2.75) is 45.4 Å². The van der Waals surface area contributed by atoms with Crippen LogP contribution in [0.25, 0.3) is 5.57 Å². The third kappa shape index (κ3) is 2.00. The van der Waals surface area contributed by atoms with Crippen LogP contribution in [-0.2, 0) is 0 Å². The van der Waals surface area contributed by atoms with Gasteiger partial charge in [-0.2, -0.15) is 5.26 Å². The standard InChI is InChI=1S/C16H19N/c1-3-12-13(4-2)15(10-7-11-17)16-9-6-5-8-14(12)16/h5-6,8-9,12H,3-4,7,10H2,1-2H3. The molecule has 0 saturated carbocycles. The smallest absolute Gasteiger partial charge is 0.0625 e. The first-order valence-electron chi connectivity index (χ1n) is 6.51. The highest BCUT2D eigenvalue weighted by Gasteiger charge is 2.27. The summed E-state index contributed by atoms with van der Waals surface area (Å²) in [7, 11) is 0. The van der Waals surface area contributed by atoms with Gasteiger partial charge in [-0.1, -0.05) is 43.7 Å². The lowest BCUT2D eigenvalue weighted by molar-refractivity contribution is 0.745. The third-order valence-corrected chi connectivity index (χ3v) is 3.75. The van der Waals surface area contributed by atoms with Crippen molar-refractivity contribution in [3.8, 4) is 6.07 Å². The van der Waals surface area contributed by atoms with E-state index in [1.807, 2.05) is 0 Å². The van der Waals surface area contributed by atoms with Crippen LogP contribution in [0.15, 0.2) is 29.8 Å². The van der Waals surface area contributed by atoms with Crippen LogP contribution < -0.4 is 0 Å². The second kappa shape index (κ2) is 5.19. The lowest BCUT2D eigenvalue weighted by atomic mass is 9.91. The highest BCUT2D eigenvalue weighted by Crippen LogP contribution is 2.46. The first-order chi connectivity index (χ1) is 8.33. The monoisotopic (exact) mass is 225 g/mol. The van der Waals surface area contributed by atoms with Gasteiger partial charge in [0, 0.05) is 12.3 Å². The molecule has 1 nitrogen and oxygen atoms in total. The molecule has 0 fully saturated rings. The number of hydrogen-bond acceptors (Lipinski definition) is 1. The lowest BCUT2D eigenvalue weighted by Gasteiger charge is -2.13. The fraction of sp³-hybridized carbons (Fsp3) is 0.438. The molecule has 0 saturated heterocycles. The van der Waals surface area contributed by atoms with Crippen molar-refractivity contribution < 1.29 is 0 Å². The van der Waals surface area contributed by atoms with E-state index in [0.29, 0.717) is 12.3 Å². The van der Waals surface area contributed by atoms with E-state index in [4.69, 9.17) is 5.26 Å². The fourth-order valence-corrected chi connectivity index (χ4v) is 3.05. The summed E-state index contributed by atoms with van der Waals surface area (Å²) in [4.78, 5) is 0. The van der Waals surface area contributed by atoms with Crippen LogP contribution in [0.3, 0.4) is 0 Å². The molecule has 1 unspecified atom stereocenters. The average Bonchev–Trinajstić information content (AvgIpc) is 2.69. The summed E-state index contributed by atoms with van der Waals surface area (Å²) >= 11 is 0. The van der Waals surface area contributed by atoms with Crippen molar-refractivity contribution in [3.63, 3.8) is 0 Å². The first kappa shape index (κ1) is 11.9. The molecule has 0 radical (unpaired) electrons. The zero-order valence-corrected chi connectivity index (χ0v) is 10.7. The molecule has 1 heteroatoms. The Labute approximate surface area is 104 Å². The van der Waals surface area contributed by atoms with Gasteiger partial charge >= 0.3 is 0 Å². The molecule has 1 aliphatic carbocycles. The van der Waals surface area contributed by atoms with Gasteiger partial charge in [-0.25, -0.2) is 0 Å². The Bertz CT molecular complexity index is 477. The summed E-state index contributed by atoms with van der Waals surface area (Å²) in [6.45, 7) is 4.49. The van der Waals surface area contributed by atoms with Crippen molar-refractivity contribution in [1.82, 2.24) is 0 Å². The molecular formula is C16H19N. The maximum absolute atomic E-state index is 8.78. The highest BCUT2D eigenvalue weighted by molar-refractivity contribution is 5.78. The summed E-state index contributed by atoms with van der Waals surface area (Å²) in [5.74, 6) is 0.588. The molecule has 0 aromatic heterocycles. The summed E-state index contributed by atoms with van der Waals surface area (Å²) < 4.78 is 0. The third-order valence-electron chi connectivity index (χ3n) is 3.75. The molecule has 2 rings (SSSR count). The SMILES string of the molecule is CCC1=C(CCC#N)c2ccccc2C1CC. The van der Waals surface area contributed by atoms with E-state index in [0.717, 1.165) is 19.3 Å². The number of fused-ring (bicyclic) bond motifs is 1. The zero-order valence-electron chi connectivity index (χ0n) is 10.7. The predicted octanol–water partition coefficient (Wildman–Crippen LogP) is 4.66. The van der Waals surface area contributed by atoms with Gasteiger partial charge in [0.25, 0.3) is 0 Å². The minimum atomic E-state index is 0.588. The molecule has 88 valence electrons. The van der Waals surface area contributed by atoms with Crippen LogP contribution in [0, 0.1) is 11.3 Å². The maximum Gasteiger partial charge on any atom is 0.0625 e. The topological polar surface area (TPSA) is 23.8 Å². The Morgan fingerprint density at radius 3 is 2.65 bits per heavy atom. The molecular weight excluding hydrogens is 206 g/mol. The number of rotatable bonds is 4. The summed E-state index contributed by atoms with van der Waals surface area (Å²) in [6, 6.07) is 11.0. The molecule has 0 amide bonds. The Hall–Kier alpha value is -1.55. The van der Waals surface area contributed by atoms with Gasteiger partial charge in [-0.05, 0) is 36.0 Å². The molecule has 1 aromatic rings. The van der Waals surface area contributed by atoms with Gasteiger partial charge < -0.3 is 0 Å². The van der Waals surface area contributed by atoms with Crippen LogP contribution in [-0.4, -0.2) is 0 Å². The predicted molar refractivity (Wildman–Crippen MR) is 71.5 cm³/mol. The molecule has 1 aromatic carbocycles. The van der Waals surface area contributed by atoms with Crippen LogP contribution in [0.1, 0.15) is 56.6 Å². The molecule has 0 spiro atoms. The molecule has 1 aliphatic rings. The van der Waals surface area contributed by atoms with Crippen LogP contribution in [0.5, 0.6) is 0 Å². The Morgan fingerprint density at radius 1 is 1.24 bits per heavy atom. The number of hydrogen-bond donors (Lipinski definition) is 0. The minimum absolute atomic E-state index is 0.588. The van der Waals surface area contributed by atoms with Crippen LogP contribution in [0.2, 0.25) is 0 Å². The van der Waals surface area contributed by atoms with Crippen molar-refractivity contribution in [1.29, 1.82) is 5.26 Å². The van der Waals surface area contributed by atoms with Gasteiger partial charge in [-0.3, -0.25) is 0 Å². The van der Waals surface area contributed by atoms with Crippen molar-refractivity contribution in [2.24, 2.45) is 0 Å². The van der Waals surface area contributed by atoms with Gasteiger partial charge in [0.1, 0.15) is 0 Å². The number of allylic oxidation sites excluding steroid dienone is 2. The fourth-order valence-electron chi connectivity index (χ4n) is 3.05. The van der Waals surface area contributed by atoms with Crippen LogP contribution >= 0.6 is 0 Å². The second-order valence-electron chi connectivity index (χ2n) is 4.56. The molecule has 0 bridgehead atoms.